The van der Waals surface area contributed by atoms with Crippen LogP contribution in [-0.2, 0) is 0 Å². The van der Waals surface area contributed by atoms with Gasteiger partial charge in [0.1, 0.15) is 0 Å². The summed E-state index contributed by atoms with van der Waals surface area (Å²) in [6.45, 7) is 9.93. The van der Waals surface area contributed by atoms with Gasteiger partial charge in [-0.3, -0.25) is 0 Å². The van der Waals surface area contributed by atoms with E-state index in [-0.39, 0.29) is 0 Å². The standard InChI is InChI=1S/C14H23NS/c1-5-13(15-6-2)12-9-7-8-10-14(12)16-11(3)4/h7-11,13,15H,5-6H2,1-4H3. The van der Waals surface area contributed by atoms with Crippen LogP contribution in [0.4, 0.5) is 0 Å². The molecule has 0 aromatic heterocycles. The fourth-order valence-corrected chi connectivity index (χ4v) is 2.86. The van der Waals surface area contributed by atoms with Crippen LogP contribution < -0.4 is 5.32 Å². The molecule has 90 valence electrons. The van der Waals surface area contributed by atoms with Crippen molar-refractivity contribution in [2.75, 3.05) is 6.54 Å². The number of hydrogen-bond acceptors (Lipinski definition) is 2. The number of hydrogen-bond donors (Lipinski definition) is 1. The van der Waals surface area contributed by atoms with Crippen molar-refractivity contribution in [3.05, 3.63) is 29.8 Å². The summed E-state index contributed by atoms with van der Waals surface area (Å²) in [5.41, 5.74) is 1.45. The predicted octanol–water partition coefficient (Wildman–Crippen LogP) is 4.25. The van der Waals surface area contributed by atoms with Crippen molar-refractivity contribution in [2.24, 2.45) is 0 Å². The van der Waals surface area contributed by atoms with Gasteiger partial charge in [-0.25, -0.2) is 0 Å². The van der Waals surface area contributed by atoms with Gasteiger partial charge in [-0.2, -0.15) is 0 Å². The number of nitrogens with one attached hydrogen (secondary N) is 1. The van der Waals surface area contributed by atoms with Crippen LogP contribution in [0.2, 0.25) is 0 Å². The Morgan fingerprint density at radius 3 is 2.44 bits per heavy atom. The van der Waals surface area contributed by atoms with Crippen LogP contribution in [0.25, 0.3) is 0 Å². The molecular formula is C14H23NS. The Morgan fingerprint density at radius 2 is 1.88 bits per heavy atom. The highest BCUT2D eigenvalue weighted by atomic mass is 32.2. The van der Waals surface area contributed by atoms with Gasteiger partial charge in [-0.15, -0.1) is 11.8 Å². The summed E-state index contributed by atoms with van der Waals surface area (Å²) >= 11 is 1.95. The van der Waals surface area contributed by atoms with Gasteiger partial charge in [0.05, 0.1) is 0 Å². The van der Waals surface area contributed by atoms with E-state index in [0.29, 0.717) is 11.3 Å². The third-order valence-electron chi connectivity index (χ3n) is 2.52. The van der Waals surface area contributed by atoms with Crippen LogP contribution >= 0.6 is 11.8 Å². The van der Waals surface area contributed by atoms with E-state index in [1.165, 1.54) is 10.5 Å². The van der Waals surface area contributed by atoms with Crippen LogP contribution in [0.15, 0.2) is 29.2 Å². The fraction of sp³-hybridized carbons (Fsp3) is 0.571. The molecular weight excluding hydrogens is 214 g/mol. The second-order valence-electron chi connectivity index (χ2n) is 4.22. The van der Waals surface area contributed by atoms with Gasteiger partial charge in [0.2, 0.25) is 0 Å². The summed E-state index contributed by atoms with van der Waals surface area (Å²) in [6.07, 6.45) is 1.14. The first-order chi connectivity index (χ1) is 7.69. The first-order valence-electron chi connectivity index (χ1n) is 6.18. The molecule has 0 bridgehead atoms. The molecule has 0 aliphatic carbocycles. The fourth-order valence-electron chi connectivity index (χ4n) is 1.85. The van der Waals surface area contributed by atoms with E-state index < -0.39 is 0 Å². The highest BCUT2D eigenvalue weighted by Gasteiger charge is 2.12. The minimum Gasteiger partial charge on any atom is -0.310 e. The van der Waals surface area contributed by atoms with Gasteiger partial charge >= 0.3 is 0 Å². The van der Waals surface area contributed by atoms with Crippen molar-refractivity contribution in [1.29, 1.82) is 0 Å². The van der Waals surface area contributed by atoms with Crippen LogP contribution in [-0.4, -0.2) is 11.8 Å². The van der Waals surface area contributed by atoms with Gasteiger partial charge in [0.25, 0.3) is 0 Å². The molecule has 0 spiro atoms. The molecule has 0 aliphatic rings. The van der Waals surface area contributed by atoms with Crippen molar-refractivity contribution in [1.82, 2.24) is 5.32 Å². The monoisotopic (exact) mass is 237 g/mol. The summed E-state index contributed by atoms with van der Waals surface area (Å²) in [6, 6.07) is 9.25. The van der Waals surface area contributed by atoms with E-state index in [0.717, 1.165) is 13.0 Å². The predicted molar refractivity (Wildman–Crippen MR) is 74.1 cm³/mol. The second kappa shape index (κ2) is 6.97. The molecule has 1 aromatic carbocycles. The van der Waals surface area contributed by atoms with Gasteiger partial charge in [0.15, 0.2) is 0 Å². The Labute approximate surface area is 104 Å². The Bertz CT molecular complexity index is 309. The van der Waals surface area contributed by atoms with Gasteiger partial charge in [0, 0.05) is 16.2 Å². The molecule has 1 aromatic rings. The molecule has 0 amide bonds. The van der Waals surface area contributed by atoms with Crippen LogP contribution in [0, 0.1) is 0 Å². The van der Waals surface area contributed by atoms with Crippen molar-refractivity contribution in [3.8, 4) is 0 Å². The maximum atomic E-state index is 3.55. The SMILES string of the molecule is CCNC(CC)c1ccccc1SC(C)C. The zero-order valence-corrected chi connectivity index (χ0v) is 11.6. The first-order valence-corrected chi connectivity index (χ1v) is 7.05. The molecule has 0 fully saturated rings. The molecule has 0 heterocycles. The lowest BCUT2D eigenvalue weighted by atomic mass is 10.0. The minimum atomic E-state index is 0.493. The highest BCUT2D eigenvalue weighted by molar-refractivity contribution is 8.00. The Balaban J connectivity index is 2.91. The van der Waals surface area contributed by atoms with Gasteiger partial charge in [-0.05, 0) is 24.6 Å². The van der Waals surface area contributed by atoms with Gasteiger partial charge in [-0.1, -0.05) is 45.9 Å². The summed E-state index contributed by atoms with van der Waals surface area (Å²) in [5, 5.41) is 4.19. The van der Waals surface area contributed by atoms with E-state index in [2.05, 4.69) is 57.3 Å². The quantitative estimate of drug-likeness (QED) is 0.742. The maximum absolute atomic E-state index is 3.55. The molecule has 2 heteroatoms. The second-order valence-corrected chi connectivity index (χ2v) is 5.84. The molecule has 0 radical (unpaired) electrons. The maximum Gasteiger partial charge on any atom is 0.0328 e. The van der Waals surface area contributed by atoms with Crippen LogP contribution in [0.5, 0.6) is 0 Å². The molecule has 1 unspecified atom stereocenters. The third-order valence-corrected chi connectivity index (χ3v) is 3.61. The van der Waals surface area contributed by atoms with E-state index >= 15 is 0 Å². The molecule has 1 atom stereocenters. The zero-order chi connectivity index (χ0) is 12.0. The summed E-state index contributed by atoms with van der Waals surface area (Å²) < 4.78 is 0. The molecule has 1 nitrogen and oxygen atoms in total. The zero-order valence-electron chi connectivity index (χ0n) is 10.8. The van der Waals surface area contributed by atoms with Crippen molar-refractivity contribution in [3.63, 3.8) is 0 Å². The molecule has 1 N–H and O–H groups in total. The topological polar surface area (TPSA) is 12.0 Å². The molecule has 16 heavy (non-hydrogen) atoms. The van der Waals surface area contributed by atoms with Crippen LogP contribution in [0.1, 0.15) is 45.7 Å². The first kappa shape index (κ1) is 13.6. The lowest BCUT2D eigenvalue weighted by Gasteiger charge is -2.20. The van der Waals surface area contributed by atoms with Crippen LogP contribution in [0.3, 0.4) is 0 Å². The van der Waals surface area contributed by atoms with E-state index in [1.807, 2.05) is 11.8 Å². The molecule has 0 aliphatic heterocycles. The van der Waals surface area contributed by atoms with Crippen molar-refractivity contribution >= 4 is 11.8 Å². The van der Waals surface area contributed by atoms with Gasteiger partial charge < -0.3 is 5.32 Å². The highest BCUT2D eigenvalue weighted by Crippen LogP contribution is 2.31. The Kier molecular flexibility index (Phi) is 5.93. The van der Waals surface area contributed by atoms with E-state index in [1.54, 1.807) is 0 Å². The normalized spacial score (nSPS) is 13.1. The average Bonchev–Trinajstić information content (AvgIpc) is 2.26. The molecule has 1 rings (SSSR count). The summed E-state index contributed by atoms with van der Waals surface area (Å²) in [7, 11) is 0. The molecule has 0 saturated heterocycles. The smallest absolute Gasteiger partial charge is 0.0328 e. The Morgan fingerprint density at radius 1 is 1.19 bits per heavy atom. The third kappa shape index (κ3) is 3.84. The number of benzene rings is 1. The summed E-state index contributed by atoms with van der Waals surface area (Å²) in [4.78, 5) is 1.42. The number of rotatable bonds is 6. The minimum absolute atomic E-state index is 0.493. The summed E-state index contributed by atoms with van der Waals surface area (Å²) in [5.74, 6) is 0. The average molecular weight is 237 g/mol. The van der Waals surface area contributed by atoms with Crippen molar-refractivity contribution < 1.29 is 0 Å². The lowest BCUT2D eigenvalue weighted by Crippen LogP contribution is -2.20. The largest absolute Gasteiger partial charge is 0.310 e. The van der Waals surface area contributed by atoms with E-state index in [4.69, 9.17) is 0 Å². The van der Waals surface area contributed by atoms with E-state index in [9.17, 15) is 0 Å². The Hall–Kier alpha value is -0.470. The lowest BCUT2D eigenvalue weighted by molar-refractivity contribution is 0.530. The van der Waals surface area contributed by atoms with Crippen molar-refractivity contribution in [2.45, 2.75) is 50.3 Å². The molecule has 0 saturated carbocycles. The number of thioether (sulfide) groups is 1.